The van der Waals surface area contributed by atoms with Gasteiger partial charge in [-0.25, -0.2) is 0 Å². The van der Waals surface area contributed by atoms with Crippen LogP contribution in [-0.4, -0.2) is 23.3 Å². The summed E-state index contributed by atoms with van der Waals surface area (Å²) in [6.45, 7) is 5.14. The van der Waals surface area contributed by atoms with E-state index >= 15 is 0 Å². The Kier molecular flexibility index (Phi) is 5.90. The molecule has 2 rings (SSSR count). The summed E-state index contributed by atoms with van der Waals surface area (Å²) < 4.78 is 11.1. The Morgan fingerprint density at radius 3 is 2.62 bits per heavy atom. The van der Waals surface area contributed by atoms with Crippen molar-refractivity contribution in [2.45, 2.75) is 38.7 Å². The van der Waals surface area contributed by atoms with Crippen LogP contribution in [0.3, 0.4) is 0 Å². The van der Waals surface area contributed by atoms with Gasteiger partial charge >= 0.3 is 0 Å². The molecular formula is C16H23N3O2. The quantitative estimate of drug-likeness (QED) is 0.808. The number of nitrogens with two attached hydrogens (primary N) is 1. The summed E-state index contributed by atoms with van der Waals surface area (Å²) in [6, 6.07) is 9.98. The second-order valence-electron chi connectivity index (χ2n) is 4.92. The van der Waals surface area contributed by atoms with Gasteiger partial charge in [0, 0.05) is 13.2 Å². The summed E-state index contributed by atoms with van der Waals surface area (Å²) in [4.78, 5) is 4.51. The van der Waals surface area contributed by atoms with Gasteiger partial charge in [0.1, 0.15) is 6.10 Å². The van der Waals surface area contributed by atoms with Crippen molar-refractivity contribution in [3.05, 3.63) is 47.6 Å². The van der Waals surface area contributed by atoms with Crippen LogP contribution in [0.1, 0.15) is 56.0 Å². The van der Waals surface area contributed by atoms with Gasteiger partial charge in [0.05, 0.1) is 5.92 Å². The number of ether oxygens (including phenoxy) is 1. The lowest BCUT2D eigenvalue weighted by Crippen LogP contribution is -2.14. The molecule has 2 N–H and O–H groups in total. The molecule has 0 saturated heterocycles. The normalized spacial score (nSPS) is 14.0. The Balaban J connectivity index is 2.20. The third-order valence-electron chi connectivity index (χ3n) is 3.40. The van der Waals surface area contributed by atoms with Crippen LogP contribution in [-0.2, 0) is 4.74 Å². The SMILES string of the molecule is CCCC(OCC)c1noc(C(CN)c2ccccc2)n1. The molecular weight excluding hydrogens is 266 g/mol. The fourth-order valence-electron chi connectivity index (χ4n) is 2.33. The molecule has 0 spiro atoms. The minimum atomic E-state index is -0.105. The smallest absolute Gasteiger partial charge is 0.235 e. The van der Waals surface area contributed by atoms with Crippen molar-refractivity contribution in [2.24, 2.45) is 5.73 Å². The van der Waals surface area contributed by atoms with Gasteiger partial charge in [-0.05, 0) is 18.9 Å². The van der Waals surface area contributed by atoms with Crippen LogP contribution in [0.2, 0.25) is 0 Å². The molecule has 5 heteroatoms. The highest BCUT2D eigenvalue weighted by Gasteiger charge is 2.23. The average Bonchev–Trinajstić information content (AvgIpc) is 2.98. The van der Waals surface area contributed by atoms with E-state index in [1.807, 2.05) is 37.3 Å². The first kappa shape index (κ1) is 15.7. The Hall–Kier alpha value is -1.72. The predicted molar refractivity (Wildman–Crippen MR) is 80.9 cm³/mol. The summed E-state index contributed by atoms with van der Waals surface area (Å²) in [5.74, 6) is 1.10. The molecule has 2 atom stereocenters. The predicted octanol–water partition coefficient (Wildman–Crippen LogP) is 3.04. The van der Waals surface area contributed by atoms with Crippen LogP contribution >= 0.6 is 0 Å². The zero-order valence-electron chi connectivity index (χ0n) is 12.7. The third kappa shape index (κ3) is 3.89. The first-order valence-corrected chi connectivity index (χ1v) is 7.50. The van der Waals surface area contributed by atoms with E-state index in [4.69, 9.17) is 15.0 Å². The van der Waals surface area contributed by atoms with Crippen LogP contribution in [0.25, 0.3) is 0 Å². The first-order chi connectivity index (χ1) is 10.3. The Labute approximate surface area is 125 Å². The van der Waals surface area contributed by atoms with Crippen molar-refractivity contribution >= 4 is 0 Å². The van der Waals surface area contributed by atoms with Gasteiger partial charge in [-0.2, -0.15) is 4.98 Å². The van der Waals surface area contributed by atoms with Crippen molar-refractivity contribution in [2.75, 3.05) is 13.2 Å². The molecule has 0 aliphatic rings. The molecule has 2 unspecified atom stereocenters. The molecule has 5 nitrogen and oxygen atoms in total. The van der Waals surface area contributed by atoms with Crippen molar-refractivity contribution < 1.29 is 9.26 Å². The fourth-order valence-corrected chi connectivity index (χ4v) is 2.33. The molecule has 114 valence electrons. The largest absolute Gasteiger partial charge is 0.370 e. The van der Waals surface area contributed by atoms with E-state index in [0.29, 0.717) is 24.9 Å². The summed E-state index contributed by atoms with van der Waals surface area (Å²) in [7, 11) is 0. The maximum absolute atomic E-state index is 5.88. The molecule has 0 aliphatic heterocycles. The molecule has 1 aromatic carbocycles. The third-order valence-corrected chi connectivity index (χ3v) is 3.40. The van der Waals surface area contributed by atoms with Crippen LogP contribution in [0.5, 0.6) is 0 Å². The molecule has 0 bridgehead atoms. The van der Waals surface area contributed by atoms with E-state index in [-0.39, 0.29) is 12.0 Å². The second kappa shape index (κ2) is 7.90. The Bertz CT molecular complexity index is 521. The van der Waals surface area contributed by atoms with Crippen LogP contribution in [0, 0.1) is 0 Å². The van der Waals surface area contributed by atoms with E-state index in [1.54, 1.807) is 0 Å². The maximum atomic E-state index is 5.88. The highest BCUT2D eigenvalue weighted by atomic mass is 16.5. The van der Waals surface area contributed by atoms with Crippen LogP contribution in [0.4, 0.5) is 0 Å². The number of benzene rings is 1. The lowest BCUT2D eigenvalue weighted by molar-refractivity contribution is 0.0477. The number of nitrogens with zero attached hydrogens (tertiary/aromatic N) is 2. The number of hydrogen-bond donors (Lipinski definition) is 1. The Morgan fingerprint density at radius 2 is 2.00 bits per heavy atom. The standard InChI is InChI=1S/C16H23N3O2/c1-3-8-14(20-4-2)15-18-16(21-19-15)13(11-17)12-9-6-5-7-10-12/h5-7,9-10,13-14H,3-4,8,11,17H2,1-2H3. The molecule has 1 heterocycles. The van der Waals surface area contributed by atoms with Crippen LogP contribution < -0.4 is 5.73 Å². The summed E-state index contributed by atoms with van der Waals surface area (Å²) in [5, 5.41) is 4.08. The average molecular weight is 289 g/mol. The van der Waals surface area contributed by atoms with Crippen molar-refractivity contribution in [1.29, 1.82) is 0 Å². The molecule has 2 aromatic rings. The van der Waals surface area contributed by atoms with E-state index in [1.165, 1.54) is 0 Å². The van der Waals surface area contributed by atoms with Gasteiger partial charge in [-0.15, -0.1) is 0 Å². The fraction of sp³-hybridized carbons (Fsp3) is 0.500. The number of aromatic nitrogens is 2. The van der Waals surface area contributed by atoms with Crippen molar-refractivity contribution in [3.8, 4) is 0 Å². The molecule has 0 fully saturated rings. The van der Waals surface area contributed by atoms with Gasteiger partial charge in [0.15, 0.2) is 0 Å². The molecule has 0 amide bonds. The maximum Gasteiger partial charge on any atom is 0.235 e. The van der Waals surface area contributed by atoms with E-state index in [2.05, 4.69) is 17.1 Å². The van der Waals surface area contributed by atoms with Crippen molar-refractivity contribution in [3.63, 3.8) is 0 Å². The second-order valence-corrected chi connectivity index (χ2v) is 4.92. The Morgan fingerprint density at radius 1 is 1.24 bits per heavy atom. The minimum absolute atomic E-state index is 0.0728. The van der Waals surface area contributed by atoms with Gasteiger partial charge in [0.2, 0.25) is 11.7 Å². The highest BCUT2D eigenvalue weighted by molar-refractivity contribution is 5.25. The molecule has 1 aromatic heterocycles. The van der Waals surface area contributed by atoms with E-state index < -0.39 is 0 Å². The lowest BCUT2D eigenvalue weighted by atomic mass is 9.99. The minimum Gasteiger partial charge on any atom is -0.370 e. The van der Waals surface area contributed by atoms with Gasteiger partial charge in [0.25, 0.3) is 0 Å². The van der Waals surface area contributed by atoms with E-state index in [0.717, 1.165) is 18.4 Å². The molecule has 21 heavy (non-hydrogen) atoms. The molecule has 0 aliphatic carbocycles. The summed E-state index contributed by atoms with van der Waals surface area (Å²) in [6.07, 6.45) is 1.78. The topological polar surface area (TPSA) is 74.2 Å². The zero-order chi connectivity index (χ0) is 15.1. The number of hydrogen-bond acceptors (Lipinski definition) is 5. The number of rotatable bonds is 8. The van der Waals surface area contributed by atoms with Gasteiger partial charge in [-0.3, -0.25) is 0 Å². The van der Waals surface area contributed by atoms with Gasteiger partial charge < -0.3 is 15.0 Å². The highest BCUT2D eigenvalue weighted by Crippen LogP contribution is 2.25. The lowest BCUT2D eigenvalue weighted by Gasteiger charge is -2.12. The van der Waals surface area contributed by atoms with Crippen molar-refractivity contribution in [1.82, 2.24) is 10.1 Å². The monoisotopic (exact) mass is 289 g/mol. The van der Waals surface area contributed by atoms with Crippen LogP contribution in [0.15, 0.2) is 34.9 Å². The molecule has 0 radical (unpaired) electrons. The first-order valence-electron chi connectivity index (χ1n) is 7.50. The molecule has 0 saturated carbocycles. The van der Waals surface area contributed by atoms with E-state index in [9.17, 15) is 0 Å². The zero-order valence-corrected chi connectivity index (χ0v) is 12.7. The summed E-state index contributed by atoms with van der Waals surface area (Å²) >= 11 is 0. The summed E-state index contributed by atoms with van der Waals surface area (Å²) in [5.41, 5.74) is 6.96. The van der Waals surface area contributed by atoms with Gasteiger partial charge in [-0.1, -0.05) is 48.8 Å².